The van der Waals surface area contributed by atoms with Gasteiger partial charge in [0.15, 0.2) is 0 Å². The molecule has 0 spiro atoms. The third-order valence-electron chi connectivity index (χ3n) is 3.26. The molecule has 1 heterocycles. The van der Waals surface area contributed by atoms with Gasteiger partial charge in [0.2, 0.25) is 0 Å². The maximum Gasteiger partial charge on any atom is 0.253 e. The molecule has 1 N–H and O–H groups in total. The van der Waals surface area contributed by atoms with Crippen LogP contribution in [0.2, 0.25) is 0 Å². The average molecular weight is 248 g/mol. The van der Waals surface area contributed by atoms with Gasteiger partial charge in [-0.05, 0) is 24.1 Å². The summed E-state index contributed by atoms with van der Waals surface area (Å²) in [6.45, 7) is 2.53. The van der Waals surface area contributed by atoms with E-state index in [2.05, 4.69) is 4.90 Å². The minimum absolute atomic E-state index is 0.0261. The number of benzene rings is 1. The minimum Gasteiger partial charge on any atom is -0.392 e. The molecule has 2 rings (SSSR count). The number of rotatable bonds is 3. The van der Waals surface area contributed by atoms with Gasteiger partial charge >= 0.3 is 0 Å². The van der Waals surface area contributed by atoms with Gasteiger partial charge in [-0.25, -0.2) is 0 Å². The van der Waals surface area contributed by atoms with Crippen LogP contribution >= 0.6 is 0 Å². The lowest BCUT2D eigenvalue weighted by atomic mass is 10.1. The second kappa shape index (κ2) is 5.50. The van der Waals surface area contributed by atoms with Gasteiger partial charge in [-0.3, -0.25) is 9.69 Å². The van der Waals surface area contributed by atoms with E-state index in [1.807, 2.05) is 24.3 Å². The zero-order valence-electron chi connectivity index (χ0n) is 11.0. The highest BCUT2D eigenvalue weighted by molar-refractivity contribution is 5.93. The van der Waals surface area contributed by atoms with E-state index >= 15 is 0 Å². The van der Waals surface area contributed by atoms with E-state index in [1.54, 1.807) is 19.0 Å². The molecule has 0 saturated carbocycles. The summed E-state index contributed by atoms with van der Waals surface area (Å²) >= 11 is 0. The third kappa shape index (κ3) is 3.09. The van der Waals surface area contributed by atoms with E-state index in [0.29, 0.717) is 5.56 Å². The van der Waals surface area contributed by atoms with Gasteiger partial charge in [0, 0.05) is 39.3 Å². The Balaban J connectivity index is 1.97. The van der Waals surface area contributed by atoms with Crippen molar-refractivity contribution in [3.05, 3.63) is 35.4 Å². The molecule has 4 heteroatoms. The zero-order valence-corrected chi connectivity index (χ0v) is 11.0. The standard InChI is InChI=1S/C14H20N2O2/c1-15(2)14(18)12-5-3-11(4-6-12)9-16-8-7-13(17)10-16/h3-6,13,17H,7-10H2,1-2H3/t13-/m1/s1. The van der Waals surface area contributed by atoms with Crippen LogP contribution in [0.4, 0.5) is 0 Å². The molecule has 1 amide bonds. The van der Waals surface area contributed by atoms with Gasteiger partial charge in [-0.1, -0.05) is 12.1 Å². The number of hydrogen-bond acceptors (Lipinski definition) is 3. The first-order valence-electron chi connectivity index (χ1n) is 6.27. The Morgan fingerprint density at radius 1 is 1.39 bits per heavy atom. The number of aliphatic hydroxyl groups excluding tert-OH is 1. The Labute approximate surface area is 108 Å². The second-order valence-corrected chi connectivity index (χ2v) is 5.07. The van der Waals surface area contributed by atoms with Gasteiger partial charge in [0.1, 0.15) is 0 Å². The monoisotopic (exact) mass is 248 g/mol. The molecule has 0 radical (unpaired) electrons. The maximum absolute atomic E-state index is 11.7. The molecular weight excluding hydrogens is 228 g/mol. The molecule has 1 fully saturated rings. The number of aliphatic hydroxyl groups is 1. The molecule has 0 unspecified atom stereocenters. The summed E-state index contributed by atoms with van der Waals surface area (Å²) in [6.07, 6.45) is 0.677. The van der Waals surface area contributed by atoms with Gasteiger partial charge < -0.3 is 10.0 Å². The summed E-state index contributed by atoms with van der Waals surface area (Å²) in [7, 11) is 3.50. The molecule has 0 aliphatic carbocycles. The fourth-order valence-electron chi connectivity index (χ4n) is 2.22. The van der Waals surface area contributed by atoms with Crippen molar-refractivity contribution in [3.8, 4) is 0 Å². The number of likely N-dealkylation sites (tertiary alicyclic amines) is 1. The first kappa shape index (κ1) is 13.1. The Morgan fingerprint density at radius 3 is 2.56 bits per heavy atom. The highest BCUT2D eigenvalue weighted by Gasteiger charge is 2.19. The first-order chi connectivity index (χ1) is 8.56. The SMILES string of the molecule is CN(C)C(=O)c1ccc(CN2CC[C@@H](O)C2)cc1. The number of nitrogens with zero attached hydrogens (tertiary/aromatic N) is 2. The molecule has 1 aliphatic heterocycles. The predicted octanol–water partition coefficient (Wildman–Crippen LogP) is 0.955. The highest BCUT2D eigenvalue weighted by Crippen LogP contribution is 2.14. The molecule has 98 valence electrons. The lowest BCUT2D eigenvalue weighted by Gasteiger charge is -2.15. The van der Waals surface area contributed by atoms with Crippen LogP contribution in [-0.2, 0) is 6.54 Å². The Kier molecular flexibility index (Phi) is 3.99. The van der Waals surface area contributed by atoms with Crippen LogP contribution in [0, 0.1) is 0 Å². The van der Waals surface area contributed by atoms with Crippen LogP contribution in [0.25, 0.3) is 0 Å². The minimum atomic E-state index is -0.181. The Bertz CT molecular complexity index is 414. The van der Waals surface area contributed by atoms with Crippen LogP contribution in [0.3, 0.4) is 0 Å². The Morgan fingerprint density at radius 2 is 2.06 bits per heavy atom. The molecule has 1 saturated heterocycles. The molecule has 1 aliphatic rings. The van der Waals surface area contributed by atoms with Gasteiger partial charge in [-0.2, -0.15) is 0 Å². The predicted molar refractivity (Wildman–Crippen MR) is 70.4 cm³/mol. The van der Waals surface area contributed by atoms with Gasteiger partial charge in [-0.15, -0.1) is 0 Å². The van der Waals surface area contributed by atoms with Crippen LogP contribution in [-0.4, -0.2) is 54.1 Å². The quantitative estimate of drug-likeness (QED) is 0.866. The summed E-state index contributed by atoms with van der Waals surface area (Å²) < 4.78 is 0. The summed E-state index contributed by atoms with van der Waals surface area (Å²) in [6, 6.07) is 7.71. The normalized spacial score (nSPS) is 20.1. The molecule has 18 heavy (non-hydrogen) atoms. The number of hydrogen-bond donors (Lipinski definition) is 1. The van der Waals surface area contributed by atoms with E-state index in [1.165, 1.54) is 5.56 Å². The van der Waals surface area contributed by atoms with Crippen LogP contribution in [0.5, 0.6) is 0 Å². The summed E-state index contributed by atoms with van der Waals surface area (Å²) in [5.41, 5.74) is 1.89. The van der Waals surface area contributed by atoms with Crippen molar-refractivity contribution in [2.24, 2.45) is 0 Å². The van der Waals surface area contributed by atoms with Crippen molar-refractivity contribution in [3.63, 3.8) is 0 Å². The number of carbonyl (C=O) groups excluding carboxylic acids is 1. The first-order valence-corrected chi connectivity index (χ1v) is 6.27. The van der Waals surface area contributed by atoms with Crippen LogP contribution in [0.15, 0.2) is 24.3 Å². The fraction of sp³-hybridized carbons (Fsp3) is 0.500. The fourth-order valence-corrected chi connectivity index (χ4v) is 2.22. The van der Waals surface area contributed by atoms with Gasteiger partial charge in [0.05, 0.1) is 6.10 Å². The van der Waals surface area contributed by atoms with E-state index in [-0.39, 0.29) is 12.0 Å². The van der Waals surface area contributed by atoms with Crippen molar-refractivity contribution >= 4 is 5.91 Å². The largest absolute Gasteiger partial charge is 0.392 e. The average Bonchev–Trinajstić information content (AvgIpc) is 2.75. The van der Waals surface area contributed by atoms with Crippen molar-refractivity contribution in [1.29, 1.82) is 0 Å². The van der Waals surface area contributed by atoms with Crippen LogP contribution in [0.1, 0.15) is 22.3 Å². The number of amides is 1. The van der Waals surface area contributed by atoms with E-state index in [0.717, 1.165) is 26.1 Å². The molecule has 0 aromatic heterocycles. The van der Waals surface area contributed by atoms with E-state index in [4.69, 9.17) is 0 Å². The van der Waals surface area contributed by atoms with Crippen molar-refractivity contribution in [2.45, 2.75) is 19.1 Å². The highest BCUT2D eigenvalue weighted by atomic mass is 16.3. The van der Waals surface area contributed by atoms with Crippen molar-refractivity contribution in [2.75, 3.05) is 27.2 Å². The summed E-state index contributed by atoms with van der Waals surface area (Å²) in [5.74, 6) is 0.0261. The van der Waals surface area contributed by atoms with Gasteiger partial charge in [0.25, 0.3) is 5.91 Å². The third-order valence-corrected chi connectivity index (χ3v) is 3.26. The number of β-amino-alcohol motifs (C(OH)–C–C–N with tert-alkyl or cyclic N) is 1. The Hall–Kier alpha value is -1.39. The van der Waals surface area contributed by atoms with Crippen LogP contribution < -0.4 is 0 Å². The van der Waals surface area contributed by atoms with E-state index < -0.39 is 0 Å². The van der Waals surface area contributed by atoms with E-state index in [9.17, 15) is 9.90 Å². The summed E-state index contributed by atoms with van der Waals surface area (Å²) in [4.78, 5) is 15.5. The smallest absolute Gasteiger partial charge is 0.253 e. The lowest BCUT2D eigenvalue weighted by Crippen LogP contribution is -2.22. The molecule has 1 atom stereocenters. The molecule has 0 bridgehead atoms. The summed E-state index contributed by atoms with van der Waals surface area (Å²) in [5, 5.41) is 9.46. The number of carbonyl (C=O) groups is 1. The van der Waals surface area contributed by atoms with Crippen molar-refractivity contribution in [1.82, 2.24) is 9.80 Å². The maximum atomic E-state index is 11.7. The second-order valence-electron chi connectivity index (χ2n) is 5.07. The zero-order chi connectivity index (χ0) is 13.1. The lowest BCUT2D eigenvalue weighted by molar-refractivity contribution is 0.0827. The molecule has 1 aromatic rings. The molecule has 4 nitrogen and oxygen atoms in total. The van der Waals surface area contributed by atoms with Crippen molar-refractivity contribution < 1.29 is 9.90 Å². The molecular formula is C14H20N2O2. The molecule has 1 aromatic carbocycles. The topological polar surface area (TPSA) is 43.8 Å².